The molecule has 3 aromatic heterocycles. The Morgan fingerprint density at radius 1 is 1.06 bits per heavy atom. The number of H-pyrrole nitrogens is 1. The number of hydrogen-bond donors (Lipinski definition) is 4. The highest BCUT2D eigenvalue weighted by atomic mass is 35.5. The number of para-hydroxylation sites is 1. The van der Waals surface area contributed by atoms with Gasteiger partial charge in [0.05, 0.1) is 34.2 Å². The van der Waals surface area contributed by atoms with Crippen LogP contribution < -0.4 is 15.5 Å². The Labute approximate surface area is 309 Å². The molecule has 0 spiro atoms. The van der Waals surface area contributed by atoms with Gasteiger partial charge in [-0.3, -0.25) is 9.59 Å². The van der Waals surface area contributed by atoms with Crippen LogP contribution in [0, 0.1) is 11.7 Å². The number of benzene rings is 2. The summed E-state index contributed by atoms with van der Waals surface area (Å²) in [5.41, 5.74) is 5.43. The Bertz CT molecular complexity index is 2090. The van der Waals surface area contributed by atoms with Crippen molar-refractivity contribution in [3.63, 3.8) is 0 Å². The lowest BCUT2D eigenvalue weighted by atomic mass is 9.95. The zero-order valence-electron chi connectivity index (χ0n) is 29.6. The first-order chi connectivity index (χ1) is 24.8. The summed E-state index contributed by atoms with van der Waals surface area (Å²) in [5.74, 6) is -2.23. The minimum absolute atomic E-state index is 0. The van der Waals surface area contributed by atoms with Gasteiger partial charge in [0, 0.05) is 61.2 Å². The van der Waals surface area contributed by atoms with Crippen LogP contribution in [0.5, 0.6) is 0 Å². The summed E-state index contributed by atoms with van der Waals surface area (Å²) in [6, 6.07) is 8.51. The fourth-order valence-corrected chi connectivity index (χ4v) is 6.85. The van der Waals surface area contributed by atoms with Crippen molar-refractivity contribution in [3.05, 3.63) is 88.3 Å². The van der Waals surface area contributed by atoms with Crippen molar-refractivity contribution in [2.75, 3.05) is 18.0 Å². The smallest absolute Gasteiger partial charge is 0.419 e. The number of carboxylic acid groups (broad SMARTS) is 1. The van der Waals surface area contributed by atoms with E-state index in [0.29, 0.717) is 59.1 Å². The topological polar surface area (TPSA) is 141 Å². The zero-order chi connectivity index (χ0) is 37.3. The van der Waals surface area contributed by atoms with Crippen molar-refractivity contribution in [2.24, 2.45) is 5.92 Å². The average molecular weight is 757 g/mol. The number of aryl methyl sites for hydroxylation is 2. The fourth-order valence-electron chi connectivity index (χ4n) is 6.85. The monoisotopic (exact) mass is 756 g/mol. The second kappa shape index (κ2) is 15.9. The Kier molecular flexibility index (Phi) is 11.8. The molecule has 1 amide bonds. The van der Waals surface area contributed by atoms with Gasteiger partial charge < -0.3 is 25.6 Å². The molecule has 0 radical (unpaired) electrons. The number of aromatic nitrogens is 5. The Balaban J connectivity index is 0.00000541. The summed E-state index contributed by atoms with van der Waals surface area (Å²) >= 11 is 0. The van der Waals surface area contributed by atoms with Crippen molar-refractivity contribution in [1.29, 1.82) is 0 Å². The highest BCUT2D eigenvalue weighted by molar-refractivity contribution is 5.98. The van der Waals surface area contributed by atoms with Crippen LogP contribution in [-0.2, 0) is 48.1 Å². The molecule has 1 atom stereocenters. The zero-order valence-corrected chi connectivity index (χ0v) is 30.5. The Morgan fingerprint density at radius 2 is 1.74 bits per heavy atom. The average Bonchev–Trinajstić information content (AvgIpc) is 3.75. The summed E-state index contributed by atoms with van der Waals surface area (Å²) in [7, 11) is 0. The molecule has 0 bridgehead atoms. The van der Waals surface area contributed by atoms with Crippen molar-refractivity contribution in [1.82, 2.24) is 35.4 Å². The van der Waals surface area contributed by atoms with E-state index in [-0.39, 0.29) is 37.4 Å². The quantitative estimate of drug-likeness (QED) is 0.107. The maximum absolute atomic E-state index is 16.9. The van der Waals surface area contributed by atoms with Crippen molar-refractivity contribution < 1.29 is 32.3 Å². The molecule has 0 fully saturated rings. The summed E-state index contributed by atoms with van der Waals surface area (Å²) in [6.45, 7) is 7.91. The van der Waals surface area contributed by atoms with Gasteiger partial charge in [-0.25, -0.2) is 19.0 Å². The number of halogens is 5. The van der Waals surface area contributed by atoms with Gasteiger partial charge in [0.1, 0.15) is 12.4 Å². The van der Waals surface area contributed by atoms with E-state index in [4.69, 9.17) is 10.2 Å². The van der Waals surface area contributed by atoms with Gasteiger partial charge in [0.25, 0.3) is 0 Å². The highest BCUT2D eigenvalue weighted by Crippen LogP contribution is 2.41. The molecule has 0 unspecified atom stereocenters. The predicted molar refractivity (Wildman–Crippen MR) is 195 cm³/mol. The van der Waals surface area contributed by atoms with E-state index >= 15 is 4.39 Å². The maximum atomic E-state index is 16.9. The van der Waals surface area contributed by atoms with Crippen molar-refractivity contribution in [2.45, 2.75) is 72.3 Å². The SMILES string of the molecule is CCc1cccc(CC)c1-n1nc2c(c1-c1c(F)cc(CN[C@H](C(=O)NCC(=O)O)C(C)C)c3[nH]ccc13)CN(c1ncc(C(F)(F)F)cn1)CC2.Cl. The number of alkyl halides is 3. The van der Waals surface area contributed by atoms with E-state index in [0.717, 1.165) is 34.9 Å². The van der Waals surface area contributed by atoms with E-state index in [1.165, 1.54) is 6.07 Å². The van der Waals surface area contributed by atoms with E-state index in [2.05, 4.69) is 25.6 Å². The number of carboxylic acids is 1. The number of fused-ring (bicyclic) bond motifs is 2. The number of aliphatic carboxylic acids is 1. The Hall–Kier alpha value is -5.02. The first kappa shape index (κ1) is 39.2. The normalized spacial score (nSPS) is 13.6. The van der Waals surface area contributed by atoms with E-state index < -0.39 is 42.0 Å². The van der Waals surface area contributed by atoms with Gasteiger partial charge in [-0.15, -0.1) is 12.4 Å². The molecule has 1 aliphatic rings. The first-order valence-electron chi connectivity index (χ1n) is 17.2. The third-order valence-corrected chi connectivity index (χ3v) is 9.45. The number of nitrogens with one attached hydrogen (secondary N) is 3. The van der Waals surface area contributed by atoms with Crippen LogP contribution in [-0.4, -0.2) is 60.8 Å². The lowest BCUT2D eigenvalue weighted by Crippen LogP contribution is -2.48. The van der Waals surface area contributed by atoms with Gasteiger partial charge in [-0.05, 0) is 47.6 Å². The van der Waals surface area contributed by atoms with Gasteiger partial charge in [0.2, 0.25) is 11.9 Å². The highest BCUT2D eigenvalue weighted by Gasteiger charge is 2.34. The van der Waals surface area contributed by atoms with Crippen LogP contribution in [0.15, 0.2) is 48.9 Å². The third-order valence-electron chi connectivity index (χ3n) is 9.45. The molecule has 282 valence electrons. The number of aromatic amines is 1. The molecule has 0 saturated carbocycles. The van der Waals surface area contributed by atoms with Crippen LogP contribution >= 0.6 is 12.4 Å². The summed E-state index contributed by atoms with van der Waals surface area (Å²) in [4.78, 5) is 36.9. The van der Waals surface area contributed by atoms with Gasteiger partial charge >= 0.3 is 12.1 Å². The Morgan fingerprint density at radius 3 is 2.34 bits per heavy atom. The minimum atomic E-state index is -4.57. The largest absolute Gasteiger partial charge is 0.480 e. The second-order valence-corrected chi connectivity index (χ2v) is 13.1. The maximum Gasteiger partial charge on any atom is 0.419 e. The number of rotatable bonds is 12. The molecule has 6 rings (SSSR count). The molecule has 53 heavy (non-hydrogen) atoms. The number of carbonyl (C=O) groups excluding carboxylic acids is 1. The molecule has 0 saturated heterocycles. The molecule has 4 heterocycles. The van der Waals surface area contributed by atoms with Crippen LogP contribution in [0.3, 0.4) is 0 Å². The molecular weight excluding hydrogens is 716 g/mol. The van der Waals surface area contributed by atoms with E-state index in [1.54, 1.807) is 17.2 Å². The molecule has 11 nitrogen and oxygen atoms in total. The summed E-state index contributed by atoms with van der Waals surface area (Å²) < 4.78 is 58.6. The lowest BCUT2D eigenvalue weighted by Gasteiger charge is -2.27. The first-order valence-corrected chi connectivity index (χ1v) is 17.2. The van der Waals surface area contributed by atoms with Gasteiger partial charge in [-0.1, -0.05) is 45.9 Å². The number of carbonyl (C=O) groups is 2. The van der Waals surface area contributed by atoms with E-state index in [1.807, 2.05) is 50.6 Å². The molecule has 5 aromatic rings. The molecule has 0 aliphatic carbocycles. The van der Waals surface area contributed by atoms with Crippen LogP contribution in [0.2, 0.25) is 0 Å². The van der Waals surface area contributed by atoms with Crippen LogP contribution in [0.4, 0.5) is 23.5 Å². The van der Waals surface area contributed by atoms with Crippen molar-refractivity contribution >= 4 is 41.1 Å². The fraction of sp³-hybridized carbons (Fsp3) is 0.378. The number of amides is 1. The number of nitrogens with zero attached hydrogens (tertiary/aromatic N) is 5. The summed E-state index contributed by atoms with van der Waals surface area (Å²) in [5, 5.41) is 20.3. The van der Waals surface area contributed by atoms with Gasteiger partial charge in [-0.2, -0.15) is 18.3 Å². The molecule has 4 N–H and O–H groups in total. The standard InChI is InChI=1S/C37H40F4N8O3.ClH/c1-5-21-8-7-9-22(6-2)33(21)49-34(26-19-48(13-11-28(26)47-49)36-45-16-24(17-46-36)37(39,40)41)30-25-10-12-42-32(25)23(14-27(30)38)15-43-31(20(3)4)35(52)44-18-29(50)51;/h7-10,12,14,16-17,20,31,42-43H,5-6,11,13,15,18-19H2,1-4H3,(H,44,52)(H,50,51);1H/t31-;/m0./s1. The molecular formula is C37H41ClF4N8O3. The lowest BCUT2D eigenvalue weighted by molar-refractivity contribution is -0.138. The van der Waals surface area contributed by atoms with Gasteiger partial charge in [0.15, 0.2) is 0 Å². The summed E-state index contributed by atoms with van der Waals surface area (Å²) in [6.07, 6.45) is 0.491. The van der Waals surface area contributed by atoms with E-state index in [9.17, 15) is 22.8 Å². The third kappa shape index (κ3) is 7.86. The molecule has 1 aliphatic heterocycles. The van der Waals surface area contributed by atoms with Crippen LogP contribution in [0.25, 0.3) is 27.8 Å². The number of anilines is 1. The van der Waals surface area contributed by atoms with Crippen molar-refractivity contribution in [3.8, 4) is 16.9 Å². The minimum Gasteiger partial charge on any atom is -0.480 e. The van der Waals surface area contributed by atoms with Crippen LogP contribution in [0.1, 0.15) is 61.2 Å². The number of hydrogen-bond acceptors (Lipinski definition) is 7. The molecule has 2 aromatic carbocycles. The molecule has 16 heteroatoms. The second-order valence-electron chi connectivity index (χ2n) is 13.1. The predicted octanol–water partition coefficient (Wildman–Crippen LogP) is 6.39.